The van der Waals surface area contributed by atoms with Crippen molar-refractivity contribution in [2.45, 2.75) is 38.2 Å². The van der Waals surface area contributed by atoms with Gasteiger partial charge in [-0.1, -0.05) is 6.92 Å². The quantitative estimate of drug-likeness (QED) is 0.717. The van der Waals surface area contributed by atoms with E-state index in [1.165, 1.54) is 0 Å². The Kier molecular flexibility index (Phi) is 2.55. The molecule has 1 aliphatic carbocycles. The van der Waals surface area contributed by atoms with Gasteiger partial charge in [-0.25, -0.2) is 0 Å². The van der Waals surface area contributed by atoms with Gasteiger partial charge in [0.1, 0.15) is 5.78 Å². The lowest BCUT2D eigenvalue weighted by molar-refractivity contribution is -0.138. The molecule has 4 unspecified atom stereocenters. The molecule has 90 valence electrons. The van der Waals surface area contributed by atoms with E-state index in [9.17, 15) is 4.79 Å². The first-order valence-corrected chi connectivity index (χ1v) is 6.46. The van der Waals surface area contributed by atoms with Crippen LogP contribution in [0.5, 0.6) is 0 Å². The molecule has 0 bridgehead atoms. The number of ether oxygens (including phenoxy) is 2. The Morgan fingerprint density at radius 2 is 2.19 bits per heavy atom. The molecule has 3 aliphatic rings. The van der Waals surface area contributed by atoms with Gasteiger partial charge in [0.15, 0.2) is 0 Å². The van der Waals surface area contributed by atoms with Crippen molar-refractivity contribution in [3.63, 3.8) is 0 Å². The zero-order chi connectivity index (χ0) is 11.2. The molecule has 1 saturated carbocycles. The van der Waals surface area contributed by atoms with E-state index >= 15 is 0 Å². The molecule has 2 aliphatic heterocycles. The second kappa shape index (κ2) is 3.81. The zero-order valence-electron chi connectivity index (χ0n) is 9.91. The predicted octanol–water partition coefficient (Wildman–Crippen LogP) is 1.80. The average molecular weight is 224 g/mol. The van der Waals surface area contributed by atoms with E-state index in [1.807, 2.05) is 0 Å². The van der Waals surface area contributed by atoms with Gasteiger partial charge >= 0.3 is 0 Å². The van der Waals surface area contributed by atoms with Crippen LogP contribution >= 0.6 is 0 Å². The van der Waals surface area contributed by atoms with Crippen LogP contribution in [0, 0.1) is 17.8 Å². The summed E-state index contributed by atoms with van der Waals surface area (Å²) in [5, 5.41) is 0. The number of ketones is 1. The maximum atomic E-state index is 12.2. The molecular formula is C13H20O3. The highest BCUT2D eigenvalue weighted by Crippen LogP contribution is 2.44. The third-order valence-corrected chi connectivity index (χ3v) is 4.44. The summed E-state index contributed by atoms with van der Waals surface area (Å²) in [7, 11) is 0. The lowest BCUT2D eigenvalue weighted by atomic mass is 9.81. The fourth-order valence-corrected chi connectivity index (χ4v) is 3.16. The normalized spacial score (nSPS) is 47.2. The predicted molar refractivity (Wildman–Crippen MR) is 59.1 cm³/mol. The molecule has 3 fully saturated rings. The van der Waals surface area contributed by atoms with Crippen molar-refractivity contribution in [2.75, 3.05) is 19.8 Å². The van der Waals surface area contributed by atoms with Crippen LogP contribution in [0.1, 0.15) is 32.6 Å². The highest BCUT2D eigenvalue weighted by Gasteiger charge is 2.47. The van der Waals surface area contributed by atoms with Gasteiger partial charge in [0.2, 0.25) is 0 Å². The third-order valence-electron chi connectivity index (χ3n) is 4.44. The smallest absolute Gasteiger partial charge is 0.139 e. The lowest BCUT2D eigenvalue weighted by Gasteiger charge is -2.36. The summed E-state index contributed by atoms with van der Waals surface area (Å²) < 4.78 is 11.3. The summed E-state index contributed by atoms with van der Waals surface area (Å²) in [5.41, 5.74) is -0.114. The largest absolute Gasteiger partial charge is 0.378 e. The summed E-state index contributed by atoms with van der Waals surface area (Å²) in [4.78, 5) is 12.2. The second-order valence-electron chi connectivity index (χ2n) is 5.75. The summed E-state index contributed by atoms with van der Waals surface area (Å²) in [6, 6.07) is 0. The molecule has 0 aromatic carbocycles. The molecule has 3 rings (SSSR count). The zero-order valence-corrected chi connectivity index (χ0v) is 9.91. The molecule has 3 heteroatoms. The first kappa shape index (κ1) is 10.7. The second-order valence-corrected chi connectivity index (χ2v) is 5.75. The Labute approximate surface area is 96.5 Å². The van der Waals surface area contributed by atoms with Crippen molar-refractivity contribution in [3.05, 3.63) is 0 Å². The molecule has 16 heavy (non-hydrogen) atoms. The molecule has 1 spiro atoms. The van der Waals surface area contributed by atoms with Crippen LogP contribution in [0.3, 0.4) is 0 Å². The molecule has 0 amide bonds. The van der Waals surface area contributed by atoms with Gasteiger partial charge in [-0.15, -0.1) is 0 Å². The molecule has 0 aromatic heterocycles. The van der Waals surface area contributed by atoms with Crippen LogP contribution in [0.2, 0.25) is 0 Å². The van der Waals surface area contributed by atoms with Gasteiger partial charge < -0.3 is 9.47 Å². The Balaban J connectivity index is 1.65. The molecule has 4 atom stereocenters. The minimum atomic E-state index is -0.114. The van der Waals surface area contributed by atoms with Crippen molar-refractivity contribution in [3.8, 4) is 0 Å². The van der Waals surface area contributed by atoms with Crippen molar-refractivity contribution in [1.82, 2.24) is 0 Å². The standard InChI is InChI=1S/C13H20O3/c1-9-6-11(9)12(14)10-2-4-16-13(7-10)3-5-15-8-13/h9-11H,2-8H2,1H3. The van der Waals surface area contributed by atoms with E-state index in [-0.39, 0.29) is 11.5 Å². The van der Waals surface area contributed by atoms with Crippen molar-refractivity contribution >= 4 is 5.78 Å². The van der Waals surface area contributed by atoms with E-state index in [0.29, 0.717) is 24.2 Å². The Bertz CT molecular complexity index is 294. The van der Waals surface area contributed by atoms with Gasteiger partial charge in [0.05, 0.1) is 12.2 Å². The minimum absolute atomic E-state index is 0.114. The first-order chi connectivity index (χ1) is 7.70. The van der Waals surface area contributed by atoms with Crippen molar-refractivity contribution < 1.29 is 14.3 Å². The number of carbonyl (C=O) groups is 1. The van der Waals surface area contributed by atoms with Crippen LogP contribution < -0.4 is 0 Å². The summed E-state index contributed by atoms with van der Waals surface area (Å²) in [6.07, 6.45) is 3.90. The summed E-state index contributed by atoms with van der Waals surface area (Å²) in [5.74, 6) is 1.74. The molecule has 3 nitrogen and oxygen atoms in total. The molecular weight excluding hydrogens is 204 g/mol. The van der Waals surface area contributed by atoms with Crippen LogP contribution in [-0.2, 0) is 14.3 Å². The van der Waals surface area contributed by atoms with E-state index in [1.54, 1.807) is 0 Å². The highest BCUT2D eigenvalue weighted by molar-refractivity contribution is 5.86. The highest BCUT2D eigenvalue weighted by atomic mass is 16.6. The van der Waals surface area contributed by atoms with Crippen LogP contribution in [0.25, 0.3) is 0 Å². The Morgan fingerprint density at radius 1 is 1.38 bits per heavy atom. The molecule has 2 heterocycles. The molecule has 0 N–H and O–H groups in total. The Hall–Kier alpha value is -0.410. The van der Waals surface area contributed by atoms with E-state index in [0.717, 1.165) is 38.9 Å². The van der Waals surface area contributed by atoms with E-state index < -0.39 is 0 Å². The third kappa shape index (κ3) is 1.80. The van der Waals surface area contributed by atoms with E-state index in [2.05, 4.69) is 6.92 Å². The van der Waals surface area contributed by atoms with Gasteiger partial charge in [-0.05, 0) is 25.2 Å². The monoisotopic (exact) mass is 224 g/mol. The van der Waals surface area contributed by atoms with Gasteiger partial charge in [-0.3, -0.25) is 4.79 Å². The maximum absolute atomic E-state index is 12.2. The summed E-state index contributed by atoms with van der Waals surface area (Å²) >= 11 is 0. The number of hydrogen-bond donors (Lipinski definition) is 0. The number of rotatable bonds is 2. The van der Waals surface area contributed by atoms with Crippen LogP contribution in [-0.4, -0.2) is 31.2 Å². The van der Waals surface area contributed by atoms with Crippen LogP contribution in [0.4, 0.5) is 0 Å². The lowest BCUT2D eigenvalue weighted by Crippen LogP contribution is -2.42. The molecule has 2 saturated heterocycles. The van der Waals surface area contributed by atoms with Gasteiger partial charge in [0, 0.05) is 31.5 Å². The van der Waals surface area contributed by atoms with Crippen molar-refractivity contribution in [2.24, 2.45) is 17.8 Å². The van der Waals surface area contributed by atoms with Gasteiger partial charge in [-0.2, -0.15) is 0 Å². The molecule has 0 radical (unpaired) electrons. The Morgan fingerprint density at radius 3 is 2.81 bits per heavy atom. The fraction of sp³-hybridized carbons (Fsp3) is 0.923. The van der Waals surface area contributed by atoms with Crippen LogP contribution in [0.15, 0.2) is 0 Å². The summed E-state index contributed by atoms with van der Waals surface area (Å²) in [6.45, 7) is 4.40. The number of hydrogen-bond acceptors (Lipinski definition) is 3. The van der Waals surface area contributed by atoms with Gasteiger partial charge in [0.25, 0.3) is 0 Å². The number of Topliss-reactive ketones (excluding diaryl/α,β-unsaturated/α-hetero) is 1. The van der Waals surface area contributed by atoms with E-state index in [4.69, 9.17) is 9.47 Å². The first-order valence-electron chi connectivity index (χ1n) is 6.46. The maximum Gasteiger partial charge on any atom is 0.139 e. The topological polar surface area (TPSA) is 35.5 Å². The number of carbonyl (C=O) groups excluding carboxylic acids is 1. The SMILES string of the molecule is CC1CC1C(=O)C1CCOC2(CCOC2)C1. The fourth-order valence-electron chi connectivity index (χ4n) is 3.16. The average Bonchev–Trinajstić information content (AvgIpc) is 2.85. The minimum Gasteiger partial charge on any atom is -0.378 e. The van der Waals surface area contributed by atoms with Crippen molar-refractivity contribution in [1.29, 1.82) is 0 Å². The molecule has 0 aromatic rings.